The molecular formula is C21H34N2O2. The molecule has 0 aromatic carbocycles. The topological polar surface area (TPSA) is 49.4 Å². The number of allylic oxidation sites excluding steroid dienone is 2. The lowest BCUT2D eigenvalue weighted by Crippen LogP contribution is -2.52. The van der Waals surface area contributed by atoms with Gasteiger partial charge in [-0.3, -0.25) is 9.59 Å². The van der Waals surface area contributed by atoms with Crippen molar-refractivity contribution >= 4 is 11.8 Å². The minimum absolute atomic E-state index is 0. The van der Waals surface area contributed by atoms with Crippen molar-refractivity contribution in [1.29, 1.82) is 0 Å². The molecule has 4 rings (SSSR count). The lowest BCUT2D eigenvalue weighted by molar-refractivity contribution is -0.146. The third-order valence-corrected chi connectivity index (χ3v) is 6.81. The van der Waals surface area contributed by atoms with Gasteiger partial charge in [-0.25, -0.2) is 0 Å². The second kappa shape index (κ2) is 7.92. The van der Waals surface area contributed by atoms with Gasteiger partial charge >= 0.3 is 11.8 Å². The summed E-state index contributed by atoms with van der Waals surface area (Å²) in [5.74, 6) is 1.28. The summed E-state index contributed by atoms with van der Waals surface area (Å²) in [5.41, 5.74) is 1.13. The van der Waals surface area contributed by atoms with Gasteiger partial charge in [0.25, 0.3) is 0 Å². The van der Waals surface area contributed by atoms with E-state index in [2.05, 4.69) is 11.4 Å². The summed E-state index contributed by atoms with van der Waals surface area (Å²) >= 11 is 0. The van der Waals surface area contributed by atoms with Crippen molar-refractivity contribution in [3.8, 4) is 0 Å². The van der Waals surface area contributed by atoms with Gasteiger partial charge in [-0.05, 0) is 75.5 Å². The van der Waals surface area contributed by atoms with Crippen molar-refractivity contribution in [3.63, 3.8) is 0 Å². The molecule has 4 heteroatoms. The number of piperidine rings is 1. The molecule has 2 amide bonds. The molecule has 0 radical (unpaired) electrons. The zero-order valence-corrected chi connectivity index (χ0v) is 14.6. The number of amides is 2. The van der Waals surface area contributed by atoms with Gasteiger partial charge in [0.2, 0.25) is 0 Å². The highest BCUT2D eigenvalue weighted by Crippen LogP contribution is 2.40. The summed E-state index contributed by atoms with van der Waals surface area (Å²) in [4.78, 5) is 27.2. The minimum atomic E-state index is -0.365. The average Bonchev–Trinajstić information content (AvgIpc) is 2.63. The molecule has 140 valence electrons. The van der Waals surface area contributed by atoms with Crippen molar-refractivity contribution in [3.05, 3.63) is 11.8 Å². The first-order valence-electron chi connectivity index (χ1n) is 10.0. The van der Waals surface area contributed by atoms with Crippen LogP contribution >= 0.6 is 0 Å². The van der Waals surface area contributed by atoms with Crippen molar-refractivity contribution < 1.29 is 9.59 Å². The molecule has 1 heterocycles. The maximum Gasteiger partial charge on any atom is 0.316 e. The molecule has 2 saturated carbocycles. The predicted molar refractivity (Wildman–Crippen MR) is 99.7 cm³/mol. The van der Waals surface area contributed by atoms with E-state index in [1.54, 1.807) is 4.90 Å². The Kier molecular flexibility index (Phi) is 5.85. The van der Waals surface area contributed by atoms with Crippen LogP contribution in [0.2, 0.25) is 0 Å². The molecule has 0 spiro atoms. The second-order valence-electron chi connectivity index (χ2n) is 8.31. The minimum Gasteiger partial charge on any atom is -0.345 e. The molecule has 0 aromatic rings. The van der Waals surface area contributed by atoms with Crippen molar-refractivity contribution in [2.45, 2.75) is 84.1 Å². The molecule has 4 nitrogen and oxygen atoms in total. The van der Waals surface area contributed by atoms with Crippen molar-refractivity contribution in [1.82, 2.24) is 10.2 Å². The monoisotopic (exact) mass is 346 g/mol. The number of likely N-dealkylation sites (tertiary alicyclic amines) is 1. The van der Waals surface area contributed by atoms with Gasteiger partial charge < -0.3 is 10.2 Å². The summed E-state index contributed by atoms with van der Waals surface area (Å²) in [7, 11) is 0. The third kappa shape index (κ3) is 3.78. The van der Waals surface area contributed by atoms with Gasteiger partial charge in [0.15, 0.2) is 0 Å². The van der Waals surface area contributed by atoms with Crippen molar-refractivity contribution in [2.24, 2.45) is 17.8 Å². The number of rotatable bonds is 1. The van der Waals surface area contributed by atoms with Crippen LogP contribution in [0.5, 0.6) is 0 Å². The van der Waals surface area contributed by atoms with E-state index in [-0.39, 0.29) is 25.3 Å². The lowest BCUT2D eigenvalue weighted by atomic mass is 9.70. The van der Waals surface area contributed by atoms with Crippen LogP contribution in [0, 0.1) is 17.8 Å². The van der Waals surface area contributed by atoms with E-state index in [0.717, 1.165) is 30.9 Å². The zero-order valence-electron chi connectivity index (χ0n) is 14.6. The van der Waals surface area contributed by atoms with E-state index in [9.17, 15) is 9.59 Å². The number of nitrogens with one attached hydrogen (secondary N) is 1. The van der Waals surface area contributed by atoms with Crippen LogP contribution in [-0.2, 0) is 9.59 Å². The van der Waals surface area contributed by atoms with E-state index in [0.29, 0.717) is 18.4 Å². The smallest absolute Gasteiger partial charge is 0.316 e. The molecule has 4 aliphatic rings. The normalized spacial score (nSPS) is 34.2. The summed E-state index contributed by atoms with van der Waals surface area (Å²) in [6, 6.07) is 0.221. The number of fused-ring (bicyclic) bond motifs is 3. The highest BCUT2D eigenvalue weighted by Gasteiger charge is 2.37. The Morgan fingerprint density at radius 2 is 1.84 bits per heavy atom. The fraction of sp³-hybridized carbons (Fsp3) is 0.810. The molecule has 1 saturated heterocycles. The zero-order chi connectivity index (χ0) is 16.5. The van der Waals surface area contributed by atoms with E-state index < -0.39 is 0 Å². The highest BCUT2D eigenvalue weighted by atomic mass is 16.2. The fourth-order valence-corrected chi connectivity index (χ4v) is 5.55. The maximum absolute atomic E-state index is 12.8. The van der Waals surface area contributed by atoms with Crippen LogP contribution in [0.3, 0.4) is 0 Å². The Labute approximate surface area is 152 Å². The molecule has 0 aromatic heterocycles. The molecule has 25 heavy (non-hydrogen) atoms. The number of carbonyl (C=O) groups is 2. The maximum atomic E-state index is 12.8. The Balaban J connectivity index is 0.00000182. The first-order valence-corrected chi connectivity index (χ1v) is 10.0. The Hall–Kier alpha value is -1.32. The van der Waals surface area contributed by atoms with Gasteiger partial charge in [0.1, 0.15) is 0 Å². The number of hydrogen-bond donors (Lipinski definition) is 1. The van der Waals surface area contributed by atoms with Crippen LogP contribution in [-0.4, -0.2) is 29.3 Å². The van der Waals surface area contributed by atoms with Gasteiger partial charge in [-0.15, -0.1) is 0 Å². The molecule has 3 aliphatic carbocycles. The van der Waals surface area contributed by atoms with Gasteiger partial charge in [-0.1, -0.05) is 26.3 Å². The van der Waals surface area contributed by atoms with Crippen LogP contribution in [0.4, 0.5) is 0 Å². The first kappa shape index (κ1) is 18.5. The third-order valence-electron chi connectivity index (χ3n) is 6.81. The molecule has 4 atom stereocenters. The van der Waals surface area contributed by atoms with Crippen LogP contribution in [0.15, 0.2) is 11.8 Å². The molecular weight excluding hydrogens is 312 g/mol. The van der Waals surface area contributed by atoms with Crippen LogP contribution in [0.1, 0.15) is 78.1 Å². The largest absolute Gasteiger partial charge is 0.345 e. The quantitative estimate of drug-likeness (QED) is 0.729. The van der Waals surface area contributed by atoms with E-state index in [1.165, 1.54) is 51.4 Å². The van der Waals surface area contributed by atoms with Gasteiger partial charge in [0, 0.05) is 18.3 Å². The molecule has 1 aliphatic heterocycles. The number of nitrogens with zero attached hydrogens (tertiary/aromatic N) is 1. The van der Waals surface area contributed by atoms with E-state index in [1.807, 2.05) is 0 Å². The second-order valence-corrected chi connectivity index (χ2v) is 8.31. The molecule has 1 N–H and O–H groups in total. The Morgan fingerprint density at radius 1 is 1.00 bits per heavy atom. The highest BCUT2D eigenvalue weighted by molar-refractivity contribution is 6.35. The SMILES string of the molecule is C.O=C(NC1CCC2CCCC1C2)C(=O)N1CCCC2CCCC=C21. The molecule has 2 bridgehead atoms. The fourth-order valence-electron chi connectivity index (χ4n) is 5.55. The van der Waals surface area contributed by atoms with Gasteiger partial charge in [0.05, 0.1) is 0 Å². The first-order chi connectivity index (χ1) is 11.7. The summed E-state index contributed by atoms with van der Waals surface area (Å²) in [6.45, 7) is 0.713. The summed E-state index contributed by atoms with van der Waals surface area (Å²) in [5, 5.41) is 3.11. The standard InChI is InChI=1S/C20H30N2O2.CH4/c23-19(21-17-11-10-14-5-3-7-16(17)13-14)20(24)22-12-4-8-15-6-1-2-9-18(15)22;/h9,14-17H,1-8,10-13H2,(H,21,23);1H4. The van der Waals surface area contributed by atoms with Crippen LogP contribution < -0.4 is 5.32 Å². The Morgan fingerprint density at radius 3 is 2.72 bits per heavy atom. The van der Waals surface area contributed by atoms with E-state index in [4.69, 9.17) is 0 Å². The van der Waals surface area contributed by atoms with Gasteiger partial charge in [-0.2, -0.15) is 0 Å². The average molecular weight is 347 g/mol. The molecule has 4 unspecified atom stereocenters. The van der Waals surface area contributed by atoms with Crippen LogP contribution in [0.25, 0.3) is 0 Å². The Bertz CT molecular complexity index is 542. The summed E-state index contributed by atoms with van der Waals surface area (Å²) < 4.78 is 0. The molecule has 3 fully saturated rings. The van der Waals surface area contributed by atoms with Crippen molar-refractivity contribution in [2.75, 3.05) is 6.54 Å². The predicted octanol–water partition coefficient (Wildman–Crippen LogP) is 4.01. The number of hydrogen-bond acceptors (Lipinski definition) is 2. The summed E-state index contributed by atoms with van der Waals surface area (Å²) in [6.07, 6.45) is 15.2. The van der Waals surface area contributed by atoms with E-state index >= 15 is 0 Å². The number of carbonyl (C=O) groups excluding carboxylic acids is 2. The lowest BCUT2D eigenvalue weighted by Gasteiger charge is -2.41.